The minimum Gasteiger partial charge on any atom is -0.459 e. The first-order valence-electron chi connectivity index (χ1n) is 9.69. The topological polar surface area (TPSA) is 131 Å². The zero-order valence-electron chi connectivity index (χ0n) is 16.7. The summed E-state index contributed by atoms with van der Waals surface area (Å²) in [6.07, 6.45) is 6.62. The molecule has 0 bridgehead atoms. The van der Waals surface area contributed by atoms with Crippen molar-refractivity contribution >= 4 is 37.9 Å². The van der Waals surface area contributed by atoms with Gasteiger partial charge in [-0.25, -0.2) is 0 Å². The summed E-state index contributed by atoms with van der Waals surface area (Å²) < 4.78 is 36.2. The van der Waals surface area contributed by atoms with Gasteiger partial charge in [0.15, 0.2) is 5.76 Å². The predicted molar refractivity (Wildman–Crippen MR) is 119 cm³/mol. The van der Waals surface area contributed by atoms with Gasteiger partial charge in [0, 0.05) is 0 Å². The van der Waals surface area contributed by atoms with E-state index in [-0.39, 0.29) is 5.76 Å². The van der Waals surface area contributed by atoms with E-state index in [0.717, 1.165) is 0 Å². The lowest BCUT2D eigenvalue weighted by molar-refractivity contribution is 0.0974. The van der Waals surface area contributed by atoms with E-state index in [2.05, 4.69) is 52.9 Å². The molecule has 0 atom stereocenters. The van der Waals surface area contributed by atoms with Crippen LogP contribution < -0.4 is 5.73 Å². The Labute approximate surface area is 180 Å². The largest absolute Gasteiger partial charge is 0.459 e. The van der Waals surface area contributed by atoms with Gasteiger partial charge in [-0.1, -0.05) is 48.5 Å². The van der Waals surface area contributed by atoms with Crippen molar-refractivity contribution in [3.05, 3.63) is 83.8 Å². The molecule has 31 heavy (non-hydrogen) atoms. The maximum absolute atomic E-state index is 10.2. The zero-order valence-corrected chi connectivity index (χ0v) is 17.5. The Bertz CT molecular complexity index is 1290. The summed E-state index contributed by atoms with van der Waals surface area (Å²) in [6, 6.07) is 21.1. The quantitative estimate of drug-likeness (QED) is 0.292. The van der Waals surface area contributed by atoms with Crippen molar-refractivity contribution in [2.24, 2.45) is 5.73 Å². The number of benzene rings is 3. The van der Waals surface area contributed by atoms with Gasteiger partial charge in [-0.3, -0.25) is 13.9 Å². The Hall–Kier alpha value is -3.20. The first-order chi connectivity index (χ1) is 14.7. The molecule has 8 heteroatoms. The van der Waals surface area contributed by atoms with Crippen LogP contribution >= 0.6 is 0 Å². The molecule has 7 nitrogen and oxygen atoms in total. The van der Waals surface area contributed by atoms with Gasteiger partial charge < -0.3 is 10.2 Å². The van der Waals surface area contributed by atoms with Gasteiger partial charge in [0.2, 0.25) is 0 Å². The Morgan fingerprint density at radius 3 is 2.16 bits per heavy atom. The summed E-state index contributed by atoms with van der Waals surface area (Å²) in [5.74, 6) is -0.333. The Balaban J connectivity index is 0.000000175. The van der Waals surface area contributed by atoms with E-state index in [9.17, 15) is 4.79 Å². The predicted octanol–water partition coefficient (Wildman–Crippen LogP) is 4.60. The summed E-state index contributed by atoms with van der Waals surface area (Å²) in [7, 11) is -4.67. The van der Waals surface area contributed by atoms with Crippen LogP contribution in [0, 0.1) is 0 Å². The molecule has 162 valence electrons. The lowest BCUT2D eigenvalue weighted by Gasteiger charge is -2.18. The number of hydrogen-bond acceptors (Lipinski definition) is 4. The molecule has 1 amide bonds. The van der Waals surface area contributed by atoms with E-state index >= 15 is 0 Å². The SMILES string of the molecule is NC(=O)c1ccco1.O=S(=O)(O)O.c1ccc2c(c1)ccc1c3c(ccc12)CCCC3. The minimum absolute atomic E-state index is 0.199. The van der Waals surface area contributed by atoms with Crippen molar-refractivity contribution in [2.45, 2.75) is 25.7 Å². The number of amides is 1. The van der Waals surface area contributed by atoms with Crippen molar-refractivity contribution in [1.82, 2.24) is 0 Å². The molecule has 0 saturated heterocycles. The van der Waals surface area contributed by atoms with Gasteiger partial charge in [0.25, 0.3) is 5.91 Å². The Morgan fingerprint density at radius 1 is 0.839 bits per heavy atom. The summed E-state index contributed by atoms with van der Waals surface area (Å²) in [4.78, 5) is 10.2. The van der Waals surface area contributed by atoms with Crippen molar-refractivity contribution in [3.8, 4) is 0 Å². The average Bonchev–Trinajstić information content (AvgIpc) is 3.28. The van der Waals surface area contributed by atoms with E-state index < -0.39 is 16.3 Å². The molecule has 3 aromatic carbocycles. The van der Waals surface area contributed by atoms with Crippen LogP contribution in [0.4, 0.5) is 0 Å². The smallest absolute Gasteiger partial charge is 0.394 e. The standard InChI is InChI=1S/C18H16.C5H5NO2.H2O4S/c1-3-7-15-13(5-1)9-11-18-16-8-4-2-6-14(16)10-12-17(15)18;6-5(7)4-2-1-3-8-4;1-5(2,3)4/h1,3,5,7,9-12H,2,4,6,8H2;1-3H,(H2,6,7);(H2,1,2,3,4). The number of carbonyl (C=O) groups excluding carboxylic acids is 1. The number of furan rings is 1. The number of hydrogen-bond donors (Lipinski definition) is 3. The van der Waals surface area contributed by atoms with Gasteiger partial charge in [0.1, 0.15) is 0 Å². The molecule has 0 spiro atoms. The molecule has 1 aromatic heterocycles. The average molecular weight is 442 g/mol. The second kappa shape index (κ2) is 9.74. The molecule has 0 aliphatic heterocycles. The van der Waals surface area contributed by atoms with Crippen LogP contribution in [-0.4, -0.2) is 23.4 Å². The fourth-order valence-electron chi connectivity index (χ4n) is 3.76. The number of rotatable bonds is 1. The highest BCUT2D eigenvalue weighted by Gasteiger charge is 2.13. The highest BCUT2D eigenvalue weighted by molar-refractivity contribution is 7.79. The normalized spacial score (nSPS) is 12.8. The second-order valence-electron chi connectivity index (χ2n) is 7.08. The summed E-state index contributed by atoms with van der Waals surface area (Å²) in [6.45, 7) is 0. The molecule has 0 radical (unpaired) electrons. The van der Waals surface area contributed by atoms with Gasteiger partial charge in [-0.15, -0.1) is 0 Å². The highest BCUT2D eigenvalue weighted by Crippen LogP contribution is 2.33. The summed E-state index contributed by atoms with van der Waals surface area (Å²) in [5, 5.41) is 5.64. The number of fused-ring (bicyclic) bond motifs is 5. The zero-order chi connectivity index (χ0) is 22.4. The van der Waals surface area contributed by atoms with Crippen molar-refractivity contribution in [2.75, 3.05) is 0 Å². The van der Waals surface area contributed by atoms with E-state index in [0.29, 0.717) is 0 Å². The third-order valence-electron chi connectivity index (χ3n) is 5.02. The Morgan fingerprint density at radius 2 is 1.52 bits per heavy atom. The maximum atomic E-state index is 10.2. The van der Waals surface area contributed by atoms with Crippen LogP contribution in [-0.2, 0) is 23.2 Å². The molecule has 1 heterocycles. The van der Waals surface area contributed by atoms with Crippen molar-refractivity contribution in [1.29, 1.82) is 0 Å². The molecule has 0 saturated carbocycles. The molecular formula is C23H23NO6S. The lowest BCUT2D eigenvalue weighted by Crippen LogP contribution is -2.08. The number of aryl methyl sites for hydroxylation is 2. The molecule has 0 fully saturated rings. The van der Waals surface area contributed by atoms with Gasteiger partial charge in [-0.2, -0.15) is 8.42 Å². The number of primary amides is 1. The number of carbonyl (C=O) groups is 1. The van der Waals surface area contributed by atoms with Crippen molar-refractivity contribution in [3.63, 3.8) is 0 Å². The van der Waals surface area contributed by atoms with Crippen LogP contribution in [0.15, 0.2) is 71.3 Å². The molecule has 1 aliphatic rings. The second-order valence-corrected chi connectivity index (χ2v) is 7.98. The third-order valence-corrected chi connectivity index (χ3v) is 5.02. The fourth-order valence-corrected chi connectivity index (χ4v) is 3.76. The molecular weight excluding hydrogens is 418 g/mol. The number of nitrogens with two attached hydrogens (primary N) is 1. The Kier molecular flexibility index (Phi) is 7.06. The molecule has 5 rings (SSSR count). The van der Waals surface area contributed by atoms with Gasteiger partial charge >= 0.3 is 10.4 Å². The third kappa shape index (κ3) is 6.14. The van der Waals surface area contributed by atoms with E-state index in [1.54, 1.807) is 17.2 Å². The van der Waals surface area contributed by atoms with Crippen molar-refractivity contribution < 1.29 is 26.7 Å². The van der Waals surface area contributed by atoms with Crippen LogP contribution in [0.3, 0.4) is 0 Å². The molecule has 1 aliphatic carbocycles. The fraction of sp³-hybridized carbons (Fsp3) is 0.174. The first-order valence-corrected chi connectivity index (χ1v) is 11.1. The maximum Gasteiger partial charge on any atom is 0.394 e. The van der Waals surface area contributed by atoms with E-state index in [1.165, 1.54) is 59.6 Å². The molecule has 0 unspecified atom stereocenters. The van der Waals surface area contributed by atoms with Crippen LogP contribution in [0.2, 0.25) is 0 Å². The summed E-state index contributed by atoms with van der Waals surface area (Å²) in [5.41, 5.74) is 8.00. The van der Waals surface area contributed by atoms with E-state index in [4.69, 9.17) is 23.3 Å². The van der Waals surface area contributed by atoms with Crippen LogP contribution in [0.1, 0.15) is 34.5 Å². The van der Waals surface area contributed by atoms with Gasteiger partial charge in [0.05, 0.1) is 6.26 Å². The van der Waals surface area contributed by atoms with Gasteiger partial charge in [-0.05, 0) is 70.5 Å². The first kappa shape index (κ1) is 22.5. The van der Waals surface area contributed by atoms with E-state index in [1.807, 2.05) is 0 Å². The van der Waals surface area contributed by atoms with Crippen LogP contribution in [0.25, 0.3) is 21.5 Å². The monoisotopic (exact) mass is 441 g/mol. The molecule has 4 aromatic rings. The summed E-state index contributed by atoms with van der Waals surface area (Å²) >= 11 is 0. The van der Waals surface area contributed by atoms with Crippen LogP contribution in [0.5, 0.6) is 0 Å². The molecule has 4 N–H and O–H groups in total. The lowest BCUT2D eigenvalue weighted by atomic mass is 9.86. The minimum atomic E-state index is -4.67. The highest BCUT2D eigenvalue weighted by atomic mass is 32.3.